The van der Waals surface area contributed by atoms with E-state index in [1.54, 1.807) is 60.7 Å². The third-order valence-corrected chi connectivity index (χ3v) is 6.20. The number of amides is 1. The molecule has 164 valence electrons. The quantitative estimate of drug-likeness (QED) is 0.401. The van der Waals surface area contributed by atoms with Crippen molar-refractivity contribution in [2.45, 2.75) is 4.90 Å². The molecule has 2 N–H and O–H groups in total. The minimum absolute atomic E-state index is 0.00799. The first kappa shape index (κ1) is 21.9. The van der Waals surface area contributed by atoms with Crippen molar-refractivity contribution in [1.82, 2.24) is 4.98 Å². The summed E-state index contributed by atoms with van der Waals surface area (Å²) in [4.78, 5) is 29.0. The average molecular weight is 458 g/mol. The fourth-order valence-electron chi connectivity index (χ4n) is 3.14. The van der Waals surface area contributed by atoms with E-state index in [0.717, 1.165) is 0 Å². The number of nitrogens with one attached hydrogen (secondary N) is 2. The van der Waals surface area contributed by atoms with Crippen molar-refractivity contribution >= 4 is 33.1 Å². The number of rotatable bonds is 7. The van der Waals surface area contributed by atoms with E-state index < -0.39 is 10.0 Å². The standard InChI is InChI=1S/C25H19N3O4S/c29-24(18-6-2-1-3-7-18)22-8-4-5-9-23(22)28-33(31,32)21-12-10-20(11-13-21)27-25(30)19-14-16-26-17-15-19/h1-17,28H,(H,27,30). The van der Waals surface area contributed by atoms with Gasteiger partial charge in [-0.25, -0.2) is 8.42 Å². The number of nitrogens with zero attached hydrogens (tertiary/aromatic N) is 1. The number of sulfonamides is 1. The van der Waals surface area contributed by atoms with Gasteiger partial charge in [0.1, 0.15) is 0 Å². The molecule has 0 saturated heterocycles. The Bertz CT molecular complexity index is 1390. The number of ketones is 1. The molecule has 1 aromatic heterocycles. The number of benzene rings is 3. The number of para-hydroxylation sites is 1. The molecule has 4 aromatic rings. The molecule has 0 bridgehead atoms. The van der Waals surface area contributed by atoms with E-state index in [2.05, 4.69) is 15.0 Å². The van der Waals surface area contributed by atoms with Crippen LogP contribution in [-0.4, -0.2) is 25.1 Å². The number of hydrogen-bond donors (Lipinski definition) is 2. The zero-order valence-electron chi connectivity index (χ0n) is 17.3. The number of aromatic nitrogens is 1. The van der Waals surface area contributed by atoms with Gasteiger partial charge < -0.3 is 5.32 Å². The Hall–Kier alpha value is -4.30. The van der Waals surface area contributed by atoms with E-state index in [0.29, 0.717) is 16.8 Å². The number of carbonyl (C=O) groups excluding carboxylic acids is 2. The molecule has 0 aliphatic heterocycles. The van der Waals surface area contributed by atoms with E-state index in [4.69, 9.17) is 0 Å². The monoisotopic (exact) mass is 457 g/mol. The minimum Gasteiger partial charge on any atom is -0.322 e. The maximum atomic E-state index is 13.0. The lowest BCUT2D eigenvalue weighted by Crippen LogP contribution is -2.16. The fourth-order valence-corrected chi connectivity index (χ4v) is 4.22. The van der Waals surface area contributed by atoms with Crippen LogP contribution in [0.1, 0.15) is 26.3 Å². The van der Waals surface area contributed by atoms with E-state index >= 15 is 0 Å². The molecule has 0 radical (unpaired) electrons. The van der Waals surface area contributed by atoms with Gasteiger partial charge in [-0.3, -0.25) is 19.3 Å². The number of anilines is 2. The summed E-state index contributed by atoms with van der Waals surface area (Å²) in [6, 6.07) is 24.0. The molecule has 3 aromatic carbocycles. The zero-order valence-corrected chi connectivity index (χ0v) is 18.1. The van der Waals surface area contributed by atoms with E-state index in [9.17, 15) is 18.0 Å². The summed E-state index contributed by atoms with van der Waals surface area (Å²) in [6.07, 6.45) is 3.02. The van der Waals surface area contributed by atoms with E-state index in [1.165, 1.54) is 42.7 Å². The predicted molar refractivity (Wildman–Crippen MR) is 126 cm³/mol. The maximum Gasteiger partial charge on any atom is 0.261 e. The lowest BCUT2D eigenvalue weighted by Gasteiger charge is -2.13. The second-order valence-electron chi connectivity index (χ2n) is 7.06. The molecular formula is C25H19N3O4S. The third-order valence-electron chi connectivity index (χ3n) is 4.82. The van der Waals surface area contributed by atoms with Gasteiger partial charge in [-0.2, -0.15) is 0 Å². The summed E-state index contributed by atoms with van der Waals surface area (Å²) in [5, 5.41) is 2.70. The van der Waals surface area contributed by atoms with Crippen LogP contribution in [-0.2, 0) is 10.0 Å². The van der Waals surface area contributed by atoms with Crippen molar-refractivity contribution in [1.29, 1.82) is 0 Å². The molecule has 0 saturated carbocycles. The molecule has 0 fully saturated rings. The van der Waals surface area contributed by atoms with Crippen molar-refractivity contribution in [2.24, 2.45) is 0 Å². The third kappa shape index (κ3) is 5.13. The first-order chi connectivity index (χ1) is 15.9. The molecule has 0 unspecified atom stereocenters. The molecule has 0 aliphatic rings. The Balaban J connectivity index is 1.53. The molecule has 0 atom stereocenters. The molecule has 0 aliphatic carbocycles. The number of carbonyl (C=O) groups is 2. The Morgan fingerprint density at radius 3 is 2.03 bits per heavy atom. The summed E-state index contributed by atoms with van der Waals surface area (Å²) < 4.78 is 28.4. The van der Waals surface area contributed by atoms with Gasteiger partial charge in [0.05, 0.1) is 10.6 Å². The van der Waals surface area contributed by atoms with Crippen LogP contribution in [0.25, 0.3) is 0 Å². The number of hydrogen-bond acceptors (Lipinski definition) is 5. The Morgan fingerprint density at radius 2 is 1.33 bits per heavy atom. The Labute approximate surface area is 191 Å². The molecule has 4 rings (SSSR count). The van der Waals surface area contributed by atoms with Crippen LogP contribution in [0.4, 0.5) is 11.4 Å². The topological polar surface area (TPSA) is 105 Å². The van der Waals surface area contributed by atoms with Crippen LogP contribution in [0, 0.1) is 0 Å². The van der Waals surface area contributed by atoms with Crippen molar-refractivity contribution in [2.75, 3.05) is 10.0 Å². The summed E-state index contributed by atoms with van der Waals surface area (Å²) in [7, 11) is -3.97. The van der Waals surface area contributed by atoms with Crippen LogP contribution >= 0.6 is 0 Å². The van der Waals surface area contributed by atoms with Gasteiger partial charge in [0.25, 0.3) is 15.9 Å². The van der Waals surface area contributed by atoms with Crippen LogP contribution < -0.4 is 10.0 Å². The van der Waals surface area contributed by atoms with E-state index in [-0.39, 0.29) is 27.8 Å². The van der Waals surface area contributed by atoms with Crippen LogP contribution in [0.2, 0.25) is 0 Å². The summed E-state index contributed by atoms with van der Waals surface area (Å²) >= 11 is 0. The van der Waals surface area contributed by atoms with E-state index in [1.807, 2.05) is 0 Å². The molecule has 0 spiro atoms. The molecular weight excluding hydrogens is 438 g/mol. The van der Waals surface area contributed by atoms with Gasteiger partial charge >= 0.3 is 0 Å². The van der Waals surface area contributed by atoms with Crippen molar-refractivity contribution in [3.8, 4) is 0 Å². The summed E-state index contributed by atoms with van der Waals surface area (Å²) in [5.74, 6) is -0.623. The Kier molecular flexibility index (Phi) is 6.28. The minimum atomic E-state index is -3.97. The van der Waals surface area contributed by atoms with Crippen LogP contribution in [0.3, 0.4) is 0 Å². The first-order valence-corrected chi connectivity index (χ1v) is 11.5. The second-order valence-corrected chi connectivity index (χ2v) is 8.74. The molecule has 1 heterocycles. The largest absolute Gasteiger partial charge is 0.322 e. The van der Waals surface area contributed by atoms with Gasteiger partial charge in [0, 0.05) is 34.8 Å². The lowest BCUT2D eigenvalue weighted by molar-refractivity contribution is 0.102. The highest BCUT2D eigenvalue weighted by Gasteiger charge is 2.19. The van der Waals surface area contributed by atoms with Gasteiger partial charge in [0.15, 0.2) is 5.78 Å². The molecule has 8 heteroatoms. The smallest absolute Gasteiger partial charge is 0.261 e. The van der Waals surface area contributed by atoms with Gasteiger partial charge in [-0.1, -0.05) is 42.5 Å². The number of pyridine rings is 1. The first-order valence-electron chi connectivity index (χ1n) is 9.97. The highest BCUT2D eigenvalue weighted by molar-refractivity contribution is 7.92. The highest BCUT2D eigenvalue weighted by atomic mass is 32.2. The van der Waals surface area contributed by atoms with Crippen molar-refractivity contribution < 1.29 is 18.0 Å². The highest BCUT2D eigenvalue weighted by Crippen LogP contribution is 2.23. The van der Waals surface area contributed by atoms with Crippen molar-refractivity contribution in [3.05, 3.63) is 120 Å². The van der Waals surface area contributed by atoms with Gasteiger partial charge in [-0.15, -0.1) is 0 Å². The van der Waals surface area contributed by atoms with Crippen LogP contribution in [0.15, 0.2) is 108 Å². The SMILES string of the molecule is O=C(Nc1ccc(S(=O)(=O)Nc2ccccc2C(=O)c2ccccc2)cc1)c1ccncc1. The lowest BCUT2D eigenvalue weighted by atomic mass is 10.0. The van der Waals surface area contributed by atoms with Gasteiger partial charge in [0.2, 0.25) is 0 Å². The van der Waals surface area contributed by atoms with Gasteiger partial charge in [-0.05, 0) is 48.5 Å². The molecule has 33 heavy (non-hydrogen) atoms. The zero-order chi connectivity index (χ0) is 23.3. The second kappa shape index (κ2) is 9.46. The fraction of sp³-hybridized carbons (Fsp3) is 0. The molecule has 1 amide bonds. The summed E-state index contributed by atoms with van der Waals surface area (Å²) in [6.45, 7) is 0. The van der Waals surface area contributed by atoms with Crippen LogP contribution in [0.5, 0.6) is 0 Å². The van der Waals surface area contributed by atoms with Crippen molar-refractivity contribution in [3.63, 3.8) is 0 Å². The predicted octanol–water partition coefficient (Wildman–Crippen LogP) is 4.37. The normalized spacial score (nSPS) is 10.9. The molecule has 7 nitrogen and oxygen atoms in total. The average Bonchev–Trinajstić information content (AvgIpc) is 2.85. The Morgan fingerprint density at radius 1 is 0.697 bits per heavy atom. The maximum absolute atomic E-state index is 13.0. The summed E-state index contributed by atoms with van der Waals surface area (Å²) in [5.41, 5.74) is 1.76.